The number of unbranched alkanes of at least 4 members (excludes halogenated alkanes) is 1. The van der Waals surface area contributed by atoms with Crippen LogP contribution in [0.15, 0.2) is 36.5 Å². The lowest BCUT2D eigenvalue weighted by Crippen LogP contribution is -2.26. The molecule has 94 valence electrons. The minimum Gasteiger partial charge on any atom is -0.300 e. The summed E-state index contributed by atoms with van der Waals surface area (Å²) in [4.78, 5) is 11.9. The zero-order valence-corrected chi connectivity index (χ0v) is 11.2. The minimum atomic E-state index is 0.133. The highest BCUT2D eigenvalue weighted by atomic mass is 16.1. The molecule has 0 saturated heterocycles. The molecule has 0 N–H and O–H groups in total. The van der Waals surface area contributed by atoms with E-state index in [1.54, 1.807) is 6.92 Å². The fourth-order valence-corrected chi connectivity index (χ4v) is 2.57. The van der Waals surface area contributed by atoms with Gasteiger partial charge in [-0.05, 0) is 19.3 Å². The molecule has 0 amide bonds. The maximum Gasteiger partial charge on any atom is 0.134 e. The second kappa shape index (κ2) is 7.26. The second-order valence-electron chi connectivity index (χ2n) is 4.99. The molecular weight excluding hydrogens is 208 g/mol. The number of carbonyl (C=O) groups is 1. The highest BCUT2D eigenvalue weighted by molar-refractivity contribution is 5.79. The SMILES string of the molecule is CCCC[C@@H](C)[C@@H](C(C)=O)C1C=CC=CC=C1. The molecule has 0 aromatic heterocycles. The Morgan fingerprint density at radius 2 is 1.76 bits per heavy atom. The first-order valence-electron chi connectivity index (χ1n) is 6.69. The third-order valence-corrected chi connectivity index (χ3v) is 3.51. The maximum atomic E-state index is 11.9. The van der Waals surface area contributed by atoms with Crippen LogP contribution in [0.2, 0.25) is 0 Å². The summed E-state index contributed by atoms with van der Waals surface area (Å²) in [6, 6.07) is 0. The van der Waals surface area contributed by atoms with Crippen LogP contribution in [0, 0.1) is 17.8 Å². The Morgan fingerprint density at radius 3 is 2.24 bits per heavy atom. The van der Waals surface area contributed by atoms with Crippen molar-refractivity contribution in [2.24, 2.45) is 17.8 Å². The second-order valence-corrected chi connectivity index (χ2v) is 4.99. The summed E-state index contributed by atoms with van der Waals surface area (Å²) in [6.45, 7) is 6.14. The van der Waals surface area contributed by atoms with Crippen molar-refractivity contribution >= 4 is 5.78 Å². The van der Waals surface area contributed by atoms with Gasteiger partial charge in [-0.15, -0.1) is 0 Å². The average Bonchev–Trinajstić information content (AvgIpc) is 2.55. The normalized spacial score (nSPS) is 19.0. The van der Waals surface area contributed by atoms with E-state index < -0.39 is 0 Å². The number of hydrogen-bond acceptors (Lipinski definition) is 1. The predicted molar refractivity (Wildman–Crippen MR) is 73.8 cm³/mol. The summed E-state index contributed by atoms with van der Waals surface area (Å²) in [7, 11) is 0. The topological polar surface area (TPSA) is 17.1 Å². The van der Waals surface area contributed by atoms with Crippen molar-refractivity contribution in [3.63, 3.8) is 0 Å². The first-order chi connectivity index (χ1) is 8.16. The molecule has 1 aliphatic carbocycles. The Kier molecular flexibility index (Phi) is 5.96. The van der Waals surface area contributed by atoms with Gasteiger partial charge in [-0.1, -0.05) is 63.1 Å². The van der Waals surface area contributed by atoms with Gasteiger partial charge in [-0.3, -0.25) is 4.79 Å². The van der Waals surface area contributed by atoms with Crippen LogP contribution in [-0.4, -0.2) is 5.78 Å². The smallest absolute Gasteiger partial charge is 0.134 e. The van der Waals surface area contributed by atoms with Crippen LogP contribution in [0.1, 0.15) is 40.0 Å². The molecule has 0 aliphatic heterocycles. The van der Waals surface area contributed by atoms with E-state index in [2.05, 4.69) is 26.0 Å². The molecule has 1 nitrogen and oxygen atoms in total. The van der Waals surface area contributed by atoms with Gasteiger partial charge in [0.1, 0.15) is 5.78 Å². The molecule has 1 rings (SSSR count). The van der Waals surface area contributed by atoms with Gasteiger partial charge < -0.3 is 0 Å². The van der Waals surface area contributed by atoms with E-state index in [4.69, 9.17) is 0 Å². The van der Waals surface area contributed by atoms with Crippen LogP contribution in [0.3, 0.4) is 0 Å². The number of Topliss-reactive ketones (excluding diaryl/α,β-unsaturated/α-hetero) is 1. The highest BCUT2D eigenvalue weighted by Gasteiger charge is 2.27. The van der Waals surface area contributed by atoms with E-state index in [1.165, 1.54) is 12.8 Å². The van der Waals surface area contributed by atoms with Gasteiger partial charge in [-0.2, -0.15) is 0 Å². The van der Waals surface area contributed by atoms with Gasteiger partial charge in [-0.25, -0.2) is 0 Å². The van der Waals surface area contributed by atoms with Crippen molar-refractivity contribution in [3.8, 4) is 0 Å². The van der Waals surface area contributed by atoms with Crippen molar-refractivity contribution < 1.29 is 4.79 Å². The Hall–Kier alpha value is -1.11. The molecule has 0 aromatic rings. The largest absolute Gasteiger partial charge is 0.300 e. The van der Waals surface area contributed by atoms with Gasteiger partial charge in [0, 0.05) is 11.8 Å². The number of rotatable bonds is 6. The Morgan fingerprint density at radius 1 is 1.18 bits per heavy atom. The van der Waals surface area contributed by atoms with Crippen molar-refractivity contribution in [2.75, 3.05) is 0 Å². The molecule has 0 radical (unpaired) electrons. The lowest BCUT2D eigenvalue weighted by molar-refractivity contribution is -0.123. The van der Waals surface area contributed by atoms with Gasteiger partial charge in [0.25, 0.3) is 0 Å². The van der Waals surface area contributed by atoms with Crippen LogP contribution < -0.4 is 0 Å². The first-order valence-corrected chi connectivity index (χ1v) is 6.69. The van der Waals surface area contributed by atoms with Crippen LogP contribution in [0.4, 0.5) is 0 Å². The molecule has 0 bridgehead atoms. The first kappa shape index (κ1) is 14.0. The summed E-state index contributed by atoms with van der Waals surface area (Å²) in [5, 5.41) is 0. The molecule has 0 fully saturated rings. The zero-order valence-electron chi connectivity index (χ0n) is 11.2. The standard InChI is InChI=1S/C16H24O/c1-4-5-10-13(2)16(14(3)17)15-11-8-6-7-9-12-15/h6-9,11-13,15-16H,4-5,10H2,1-3H3/t13-,16+/m1/s1. The van der Waals surface area contributed by atoms with Crippen LogP contribution in [0.5, 0.6) is 0 Å². The van der Waals surface area contributed by atoms with Gasteiger partial charge in [0.2, 0.25) is 0 Å². The number of hydrogen-bond donors (Lipinski definition) is 0. The van der Waals surface area contributed by atoms with Gasteiger partial charge in [0.15, 0.2) is 0 Å². The average molecular weight is 232 g/mol. The van der Waals surface area contributed by atoms with Crippen LogP contribution >= 0.6 is 0 Å². The van der Waals surface area contributed by atoms with Crippen molar-refractivity contribution in [3.05, 3.63) is 36.5 Å². The Labute approximate surface area is 105 Å². The van der Waals surface area contributed by atoms with E-state index >= 15 is 0 Å². The molecule has 1 aliphatic rings. The minimum absolute atomic E-state index is 0.133. The van der Waals surface area contributed by atoms with Crippen LogP contribution in [0.25, 0.3) is 0 Å². The lowest BCUT2D eigenvalue weighted by atomic mass is 9.77. The Bertz CT molecular complexity index is 306. The van der Waals surface area contributed by atoms with Crippen LogP contribution in [-0.2, 0) is 4.79 Å². The van der Waals surface area contributed by atoms with E-state index in [1.807, 2.05) is 24.3 Å². The summed E-state index contributed by atoms with van der Waals surface area (Å²) in [5.41, 5.74) is 0. The van der Waals surface area contributed by atoms with Crippen molar-refractivity contribution in [1.82, 2.24) is 0 Å². The summed E-state index contributed by atoms with van der Waals surface area (Å²) in [5.74, 6) is 1.17. The molecule has 0 heterocycles. The third kappa shape index (κ3) is 4.33. The quantitative estimate of drug-likeness (QED) is 0.666. The monoisotopic (exact) mass is 232 g/mol. The summed E-state index contributed by atoms with van der Waals surface area (Å²) < 4.78 is 0. The number of ketones is 1. The maximum absolute atomic E-state index is 11.9. The highest BCUT2D eigenvalue weighted by Crippen LogP contribution is 2.29. The van der Waals surface area contributed by atoms with Crippen molar-refractivity contribution in [1.29, 1.82) is 0 Å². The van der Waals surface area contributed by atoms with Crippen molar-refractivity contribution in [2.45, 2.75) is 40.0 Å². The molecule has 17 heavy (non-hydrogen) atoms. The van der Waals surface area contributed by atoms with E-state index in [9.17, 15) is 4.79 Å². The molecule has 0 unspecified atom stereocenters. The number of carbonyl (C=O) groups excluding carboxylic acids is 1. The summed E-state index contributed by atoms with van der Waals surface area (Å²) in [6.07, 6.45) is 16.0. The molecule has 0 aromatic carbocycles. The molecule has 0 spiro atoms. The van der Waals surface area contributed by atoms with E-state index in [0.29, 0.717) is 11.7 Å². The zero-order chi connectivity index (χ0) is 12.7. The third-order valence-electron chi connectivity index (χ3n) is 3.51. The van der Waals surface area contributed by atoms with E-state index in [-0.39, 0.29) is 11.8 Å². The van der Waals surface area contributed by atoms with Gasteiger partial charge >= 0.3 is 0 Å². The molecular formula is C16H24O. The number of allylic oxidation sites excluding steroid dienone is 6. The lowest BCUT2D eigenvalue weighted by Gasteiger charge is -2.26. The fraction of sp³-hybridized carbons (Fsp3) is 0.562. The Balaban J connectivity index is 2.74. The van der Waals surface area contributed by atoms with E-state index in [0.717, 1.165) is 6.42 Å². The summed E-state index contributed by atoms with van der Waals surface area (Å²) >= 11 is 0. The predicted octanol–water partition coefficient (Wildman–Crippen LogP) is 4.32. The molecule has 0 saturated carbocycles. The molecule has 2 atom stereocenters. The molecule has 1 heteroatoms. The van der Waals surface area contributed by atoms with Gasteiger partial charge in [0.05, 0.1) is 0 Å². The fourth-order valence-electron chi connectivity index (χ4n) is 2.57.